The molecule has 0 saturated carbocycles. The van der Waals surface area contributed by atoms with Gasteiger partial charge in [-0.25, -0.2) is 0 Å². The number of benzene rings is 2. The molecule has 2 amide bonds. The summed E-state index contributed by atoms with van der Waals surface area (Å²) in [6, 6.07) is 15.6. The Kier molecular flexibility index (Phi) is 8.66. The highest BCUT2D eigenvalue weighted by molar-refractivity contribution is 5.93. The summed E-state index contributed by atoms with van der Waals surface area (Å²) in [4.78, 5) is 28.0. The monoisotopic (exact) mass is 424 g/mol. The third-order valence-corrected chi connectivity index (χ3v) is 5.24. The van der Waals surface area contributed by atoms with Gasteiger partial charge in [0.15, 0.2) is 0 Å². The summed E-state index contributed by atoms with van der Waals surface area (Å²) in [6.45, 7) is 10.2. The minimum Gasteiger partial charge on any atom is -0.494 e. The molecule has 0 fully saturated rings. The van der Waals surface area contributed by atoms with E-state index in [0.29, 0.717) is 38.1 Å². The molecule has 2 rings (SSSR count). The predicted octanol–water partition coefficient (Wildman–Crippen LogP) is 4.89. The van der Waals surface area contributed by atoms with Gasteiger partial charge >= 0.3 is 0 Å². The van der Waals surface area contributed by atoms with Gasteiger partial charge in [0.2, 0.25) is 5.91 Å². The first-order chi connectivity index (χ1) is 14.6. The highest BCUT2D eigenvalue weighted by Crippen LogP contribution is 2.24. The summed E-state index contributed by atoms with van der Waals surface area (Å²) in [5.41, 5.74) is 3.06. The SMILES string of the molecule is CCN(Cc1ccc(C(=O)N(C)C)cc1)C(=O)CCCOc1ccc(C(C)(C)C)cc1. The predicted molar refractivity (Wildman–Crippen MR) is 125 cm³/mol. The van der Waals surface area contributed by atoms with E-state index in [1.54, 1.807) is 19.0 Å². The van der Waals surface area contributed by atoms with E-state index >= 15 is 0 Å². The number of rotatable bonds is 9. The van der Waals surface area contributed by atoms with Crippen molar-refractivity contribution in [1.29, 1.82) is 0 Å². The zero-order valence-corrected chi connectivity index (χ0v) is 19.8. The van der Waals surface area contributed by atoms with E-state index in [-0.39, 0.29) is 17.2 Å². The molecule has 0 aliphatic rings. The van der Waals surface area contributed by atoms with E-state index < -0.39 is 0 Å². The standard InChI is InChI=1S/C26H36N2O3/c1-7-28(19-20-10-12-21(13-11-20)25(30)27(5)6)24(29)9-8-18-31-23-16-14-22(15-17-23)26(2,3)4/h10-17H,7-9,18-19H2,1-6H3. The van der Waals surface area contributed by atoms with Crippen molar-refractivity contribution in [3.05, 3.63) is 65.2 Å². The summed E-state index contributed by atoms with van der Waals surface area (Å²) >= 11 is 0. The van der Waals surface area contributed by atoms with Crippen LogP contribution in [0.2, 0.25) is 0 Å². The van der Waals surface area contributed by atoms with Gasteiger partial charge in [-0.2, -0.15) is 0 Å². The largest absolute Gasteiger partial charge is 0.494 e. The van der Waals surface area contributed by atoms with Gasteiger partial charge in [0.1, 0.15) is 5.75 Å². The highest BCUT2D eigenvalue weighted by Gasteiger charge is 2.14. The Hall–Kier alpha value is -2.82. The van der Waals surface area contributed by atoms with Crippen LogP contribution in [-0.4, -0.2) is 48.9 Å². The van der Waals surface area contributed by atoms with Crippen molar-refractivity contribution in [2.75, 3.05) is 27.2 Å². The molecular formula is C26H36N2O3. The molecule has 0 aromatic heterocycles. The quantitative estimate of drug-likeness (QED) is 0.538. The van der Waals surface area contributed by atoms with Gasteiger partial charge in [-0.05, 0) is 54.2 Å². The fraction of sp³-hybridized carbons (Fsp3) is 0.462. The van der Waals surface area contributed by atoms with Crippen molar-refractivity contribution < 1.29 is 14.3 Å². The van der Waals surface area contributed by atoms with Crippen LogP contribution >= 0.6 is 0 Å². The van der Waals surface area contributed by atoms with Gasteiger partial charge in [0.05, 0.1) is 6.61 Å². The van der Waals surface area contributed by atoms with Crippen LogP contribution in [0, 0.1) is 0 Å². The first-order valence-corrected chi connectivity index (χ1v) is 10.9. The van der Waals surface area contributed by atoms with E-state index in [4.69, 9.17) is 4.74 Å². The molecule has 0 radical (unpaired) electrons. The Balaban J connectivity index is 1.80. The summed E-state index contributed by atoms with van der Waals surface area (Å²) in [5.74, 6) is 0.922. The van der Waals surface area contributed by atoms with Gasteiger partial charge in [-0.15, -0.1) is 0 Å². The smallest absolute Gasteiger partial charge is 0.253 e. The first kappa shape index (κ1) is 24.4. The molecule has 5 nitrogen and oxygen atoms in total. The lowest BCUT2D eigenvalue weighted by Gasteiger charge is -2.21. The lowest BCUT2D eigenvalue weighted by atomic mass is 9.87. The van der Waals surface area contributed by atoms with Crippen LogP contribution in [0.1, 0.15) is 62.0 Å². The van der Waals surface area contributed by atoms with E-state index in [1.807, 2.05) is 48.2 Å². The number of carbonyl (C=O) groups excluding carboxylic acids is 2. The third kappa shape index (κ3) is 7.42. The second-order valence-corrected chi connectivity index (χ2v) is 9.03. The molecule has 0 saturated heterocycles. The number of carbonyl (C=O) groups is 2. The Labute approximate surface area is 187 Å². The molecule has 0 N–H and O–H groups in total. The van der Waals surface area contributed by atoms with Gasteiger partial charge in [-0.3, -0.25) is 9.59 Å². The fourth-order valence-corrected chi connectivity index (χ4v) is 3.23. The van der Waals surface area contributed by atoms with Crippen LogP contribution in [0.4, 0.5) is 0 Å². The van der Waals surface area contributed by atoms with Crippen LogP contribution in [0.5, 0.6) is 5.75 Å². The molecule has 0 spiro atoms. The van der Waals surface area contributed by atoms with Crippen molar-refractivity contribution in [3.8, 4) is 5.75 Å². The van der Waals surface area contributed by atoms with Crippen LogP contribution < -0.4 is 4.74 Å². The molecular weight excluding hydrogens is 388 g/mol. The van der Waals surface area contributed by atoms with E-state index in [9.17, 15) is 9.59 Å². The maximum atomic E-state index is 12.6. The summed E-state index contributed by atoms with van der Waals surface area (Å²) < 4.78 is 5.80. The minimum absolute atomic E-state index is 0.0250. The Morgan fingerprint density at radius 3 is 2.06 bits per heavy atom. The molecule has 5 heteroatoms. The van der Waals surface area contributed by atoms with Crippen molar-refractivity contribution in [2.45, 2.75) is 52.5 Å². The summed E-state index contributed by atoms with van der Waals surface area (Å²) in [5, 5.41) is 0. The maximum Gasteiger partial charge on any atom is 0.253 e. The zero-order chi connectivity index (χ0) is 23.0. The topological polar surface area (TPSA) is 49.9 Å². The first-order valence-electron chi connectivity index (χ1n) is 10.9. The van der Waals surface area contributed by atoms with Crippen molar-refractivity contribution in [2.24, 2.45) is 0 Å². The van der Waals surface area contributed by atoms with Gasteiger partial charge in [0.25, 0.3) is 5.91 Å². The normalized spacial score (nSPS) is 11.2. The van der Waals surface area contributed by atoms with Crippen LogP contribution in [0.15, 0.2) is 48.5 Å². The maximum absolute atomic E-state index is 12.6. The molecule has 0 atom stereocenters. The minimum atomic E-state index is -0.0250. The van der Waals surface area contributed by atoms with E-state index in [2.05, 4.69) is 32.9 Å². The molecule has 2 aromatic carbocycles. The molecule has 2 aromatic rings. The van der Waals surface area contributed by atoms with Crippen LogP contribution in [0.3, 0.4) is 0 Å². The second-order valence-electron chi connectivity index (χ2n) is 9.03. The molecule has 0 bridgehead atoms. The van der Waals surface area contributed by atoms with Crippen molar-refractivity contribution in [3.63, 3.8) is 0 Å². The Morgan fingerprint density at radius 1 is 0.935 bits per heavy atom. The van der Waals surface area contributed by atoms with Crippen LogP contribution in [-0.2, 0) is 16.8 Å². The Bertz CT molecular complexity index is 850. The zero-order valence-electron chi connectivity index (χ0n) is 19.8. The number of hydrogen-bond donors (Lipinski definition) is 0. The number of hydrogen-bond acceptors (Lipinski definition) is 3. The molecule has 0 heterocycles. The van der Waals surface area contributed by atoms with Gasteiger partial charge < -0.3 is 14.5 Å². The van der Waals surface area contributed by atoms with Crippen molar-refractivity contribution >= 4 is 11.8 Å². The highest BCUT2D eigenvalue weighted by atomic mass is 16.5. The van der Waals surface area contributed by atoms with Gasteiger partial charge in [-0.1, -0.05) is 45.0 Å². The molecule has 0 unspecified atom stereocenters. The molecule has 31 heavy (non-hydrogen) atoms. The molecule has 0 aliphatic heterocycles. The lowest BCUT2D eigenvalue weighted by molar-refractivity contribution is -0.131. The Morgan fingerprint density at radius 2 is 1.55 bits per heavy atom. The third-order valence-electron chi connectivity index (χ3n) is 5.24. The van der Waals surface area contributed by atoms with Gasteiger partial charge in [0, 0.05) is 39.2 Å². The van der Waals surface area contributed by atoms with E-state index in [1.165, 1.54) is 5.56 Å². The van der Waals surface area contributed by atoms with Crippen molar-refractivity contribution in [1.82, 2.24) is 9.80 Å². The molecule has 0 aliphatic carbocycles. The number of amides is 2. The second kappa shape index (κ2) is 11.0. The van der Waals surface area contributed by atoms with E-state index in [0.717, 1.165) is 11.3 Å². The summed E-state index contributed by atoms with van der Waals surface area (Å²) in [6.07, 6.45) is 1.12. The number of ether oxygens (including phenoxy) is 1. The number of nitrogens with zero attached hydrogens (tertiary/aromatic N) is 2. The average molecular weight is 425 g/mol. The van der Waals surface area contributed by atoms with Crippen LogP contribution in [0.25, 0.3) is 0 Å². The fourth-order valence-electron chi connectivity index (χ4n) is 3.23. The summed E-state index contributed by atoms with van der Waals surface area (Å²) in [7, 11) is 3.47. The lowest BCUT2D eigenvalue weighted by Crippen LogP contribution is -2.30. The molecule has 168 valence electrons. The average Bonchev–Trinajstić information content (AvgIpc) is 2.74.